The molecule has 0 saturated carbocycles. The lowest BCUT2D eigenvalue weighted by Gasteiger charge is -1.93. The lowest BCUT2D eigenvalue weighted by atomic mass is 10.2. The molecule has 0 fully saturated rings. The van der Waals surface area contributed by atoms with Crippen LogP contribution in [0.25, 0.3) is 11.7 Å². The average molecular weight is 236 g/mol. The molecule has 0 spiro atoms. The van der Waals surface area contributed by atoms with Crippen LogP contribution in [0.15, 0.2) is 27.2 Å². The topological polar surface area (TPSA) is 89.4 Å². The highest BCUT2D eigenvalue weighted by Crippen LogP contribution is 2.18. The highest BCUT2D eigenvalue weighted by atomic mass is 16.4. The molecule has 0 amide bonds. The molecule has 0 saturated heterocycles. The van der Waals surface area contributed by atoms with E-state index in [4.69, 9.17) is 13.9 Å². The minimum Gasteiger partial charge on any atom is -0.481 e. The van der Waals surface area contributed by atoms with E-state index in [-0.39, 0.29) is 6.42 Å². The van der Waals surface area contributed by atoms with Crippen molar-refractivity contribution in [1.29, 1.82) is 0 Å². The van der Waals surface area contributed by atoms with Crippen LogP contribution < -0.4 is 0 Å². The molecular weight excluding hydrogens is 224 g/mol. The Kier molecular flexibility index (Phi) is 3.54. The Bertz CT molecular complexity index is 475. The monoisotopic (exact) mass is 236 g/mol. The van der Waals surface area contributed by atoms with Gasteiger partial charge in [-0.1, -0.05) is 0 Å². The highest BCUT2D eigenvalue weighted by Gasteiger charge is 2.10. The number of aliphatic carboxylic acids is 1. The molecule has 2 rings (SSSR count). The number of nitrogens with zero attached hydrogens (tertiary/aromatic N) is 2. The van der Waals surface area contributed by atoms with Crippen molar-refractivity contribution in [3.05, 3.63) is 24.3 Å². The van der Waals surface area contributed by atoms with Crippen LogP contribution in [0.1, 0.15) is 25.2 Å². The molecule has 6 heteroatoms. The normalized spacial score (nSPS) is 10.6. The fraction of sp³-hybridized carbons (Fsp3) is 0.364. The third kappa shape index (κ3) is 3.17. The first kappa shape index (κ1) is 11.4. The van der Waals surface area contributed by atoms with Crippen molar-refractivity contribution < 1.29 is 18.7 Å². The Labute approximate surface area is 97.3 Å². The zero-order valence-electron chi connectivity index (χ0n) is 9.13. The molecule has 2 heterocycles. The Morgan fingerprint density at radius 3 is 2.94 bits per heavy atom. The Balaban J connectivity index is 1.84. The van der Waals surface area contributed by atoms with Gasteiger partial charge < -0.3 is 13.9 Å². The fourth-order valence-electron chi connectivity index (χ4n) is 1.41. The molecule has 2 aromatic heterocycles. The number of aryl methyl sites for hydroxylation is 1. The van der Waals surface area contributed by atoms with E-state index < -0.39 is 5.97 Å². The fourth-order valence-corrected chi connectivity index (χ4v) is 1.41. The Morgan fingerprint density at radius 2 is 2.24 bits per heavy atom. The molecule has 0 aliphatic rings. The van der Waals surface area contributed by atoms with Gasteiger partial charge in [0, 0.05) is 12.8 Å². The zero-order valence-corrected chi connectivity index (χ0v) is 9.13. The third-order valence-electron chi connectivity index (χ3n) is 2.23. The lowest BCUT2D eigenvalue weighted by molar-refractivity contribution is -0.137. The molecule has 1 N–H and O–H groups in total. The number of carboxylic acid groups (broad SMARTS) is 1. The maximum Gasteiger partial charge on any atom is 0.303 e. The molecule has 90 valence electrons. The quantitative estimate of drug-likeness (QED) is 0.772. The number of rotatable bonds is 6. The van der Waals surface area contributed by atoms with Gasteiger partial charge in [0.15, 0.2) is 5.76 Å². The smallest absolute Gasteiger partial charge is 0.303 e. The molecule has 0 radical (unpaired) electrons. The van der Waals surface area contributed by atoms with Gasteiger partial charge in [-0.15, -0.1) is 10.2 Å². The number of aromatic nitrogens is 2. The molecule has 6 nitrogen and oxygen atoms in total. The van der Waals surface area contributed by atoms with Gasteiger partial charge in [-0.2, -0.15) is 0 Å². The first-order chi connectivity index (χ1) is 8.25. The van der Waals surface area contributed by atoms with Crippen molar-refractivity contribution in [3.8, 4) is 11.7 Å². The standard InChI is InChI=1S/C11H12N2O4/c14-10(15)6-2-1-5-9-12-13-11(17-9)8-4-3-7-16-8/h3-4,7H,1-2,5-6H2,(H,14,15). The lowest BCUT2D eigenvalue weighted by Crippen LogP contribution is -1.95. The summed E-state index contributed by atoms with van der Waals surface area (Å²) < 4.78 is 10.5. The van der Waals surface area contributed by atoms with Crippen molar-refractivity contribution in [2.45, 2.75) is 25.7 Å². The summed E-state index contributed by atoms with van der Waals surface area (Å²) in [5.41, 5.74) is 0. The largest absolute Gasteiger partial charge is 0.481 e. The second-order valence-corrected chi connectivity index (χ2v) is 3.58. The summed E-state index contributed by atoms with van der Waals surface area (Å²) in [7, 11) is 0. The summed E-state index contributed by atoms with van der Waals surface area (Å²) in [4.78, 5) is 10.3. The first-order valence-corrected chi connectivity index (χ1v) is 5.34. The predicted molar refractivity (Wildman–Crippen MR) is 57.2 cm³/mol. The summed E-state index contributed by atoms with van der Waals surface area (Å²) in [6.45, 7) is 0. The van der Waals surface area contributed by atoms with Crippen molar-refractivity contribution in [2.24, 2.45) is 0 Å². The van der Waals surface area contributed by atoms with Gasteiger partial charge in [0.25, 0.3) is 5.89 Å². The van der Waals surface area contributed by atoms with Gasteiger partial charge in [-0.05, 0) is 25.0 Å². The second-order valence-electron chi connectivity index (χ2n) is 3.58. The van der Waals surface area contributed by atoms with Crippen molar-refractivity contribution >= 4 is 5.97 Å². The van der Waals surface area contributed by atoms with Gasteiger partial charge in [-0.25, -0.2) is 0 Å². The number of furan rings is 1. The number of unbranched alkanes of at least 4 members (excludes halogenated alkanes) is 1. The molecule has 0 aliphatic carbocycles. The molecule has 0 aromatic carbocycles. The van der Waals surface area contributed by atoms with E-state index in [1.807, 2.05) is 0 Å². The molecule has 17 heavy (non-hydrogen) atoms. The molecule has 0 unspecified atom stereocenters. The highest BCUT2D eigenvalue weighted by molar-refractivity contribution is 5.66. The number of hydrogen-bond acceptors (Lipinski definition) is 5. The predicted octanol–water partition coefficient (Wildman–Crippen LogP) is 2.13. The van der Waals surface area contributed by atoms with Gasteiger partial charge in [-0.3, -0.25) is 4.79 Å². The van der Waals surface area contributed by atoms with Crippen LogP contribution in [0.5, 0.6) is 0 Å². The van der Waals surface area contributed by atoms with Crippen LogP contribution in [0.3, 0.4) is 0 Å². The van der Waals surface area contributed by atoms with E-state index in [1.54, 1.807) is 12.1 Å². The maximum atomic E-state index is 10.3. The number of carbonyl (C=O) groups is 1. The van der Waals surface area contributed by atoms with E-state index in [1.165, 1.54) is 6.26 Å². The van der Waals surface area contributed by atoms with E-state index in [0.29, 0.717) is 36.8 Å². The van der Waals surface area contributed by atoms with Crippen molar-refractivity contribution in [3.63, 3.8) is 0 Å². The number of hydrogen-bond donors (Lipinski definition) is 1. The second kappa shape index (κ2) is 5.29. The van der Waals surface area contributed by atoms with Crippen LogP contribution in [-0.4, -0.2) is 21.3 Å². The van der Waals surface area contributed by atoms with Gasteiger partial charge in [0.2, 0.25) is 5.89 Å². The van der Waals surface area contributed by atoms with E-state index in [0.717, 1.165) is 0 Å². The Morgan fingerprint density at radius 1 is 1.35 bits per heavy atom. The minimum absolute atomic E-state index is 0.166. The van der Waals surface area contributed by atoms with Gasteiger partial charge >= 0.3 is 5.97 Å². The summed E-state index contributed by atoms with van der Waals surface area (Å²) in [6.07, 6.45) is 3.60. The minimum atomic E-state index is -0.785. The van der Waals surface area contributed by atoms with Crippen LogP contribution in [0.4, 0.5) is 0 Å². The summed E-state index contributed by atoms with van der Waals surface area (Å²) in [5, 5.41) is 16.2. The first-order valence-electron chi connectivity index (χ1n) is 5.34. The van der Waals surface area contributed by atoms with Crippen LogP contribution in [0.2, 0.25) is 0 Å². The molecule has 0 atom stereocenters. The molecule has 2 aromatic rings. The summed E-state index contributed by atoms with van der Waals surface area (Å²) in [5.74, 6) is 0.603. The van der Waals surface area contributed by atoms with Crippen molar-refractivity contribution in [1.82, 2.24) is 10.2 Å². The molecule has 0 aliphatic heterocycles. The summed E-state index contributed by atoms with van der Waals surface area (Å²) in [6, 6.07) is 3.48. The molecule has 0 bridgehead atoms. The van der Waals surface area contributed by atoms with Crippen LogP contribution in [-0.2, 0) is 11.2 Å². The van der Waals surface area contributed by atoms with Gasteiger partial charge in [0.05, 0.1) is 6.26 Å². The van der Waals surface area contributed by atoms with E-state index in [9.17, 15) is 4.79 Å². The Hall–Kier alpha value is -2.11. The summed E-state index contributed by atoms with van der Waals surface area (Å²) >= 11 is 0. The van der Waals surface area contributed by atoms with Gasteiger partial charge in [0.1, 0.15) is 0 Å². The number of carboxylic acids is 1. The average Bonchev–Trinajstić information content (AvgIpc) is 2.94. The SMILES string of the molecule is O=C(O)CCCCc1nnc(-c2ccco2)o1. The van der Waals surface area contributed by atoms with Crippen LogP contribution >= 0.6 is 0 Å². The third-order valence-corrected chi connectivity index (χ3v) is 2.23. The van der Waals surface area contributed by atoms with E-state index in [2.05, 4.69) is 10.2 Å². The van der Waals surface area contributed by atoms with Crippen LogP contribution in [0, 0.1) is 0 Å². The van der Waals surface area contributed by atoms with E-state index >= 15 is 0 Å². The zero-order chi connectivity index (χ0) is 12.1. The van der Waals surface area contributed by atoms with Crippen molar-refractivity contribution in [2.75, 3.05) is 0 Å². The molecular formula is C11H12N2O4. The maximum absolute atomic E-state index is 10.3.